The van der Waals surface area contributed by atoms with Crippen molar-refractivity contribution >= 4 is 0 Å². The predicted molar refractivity (Wildman–Crippen MR) is 101 cm³/mol. The molecule has 0 N–H and O–H groups in total. The minimum absolute atomic E-state index is 0.121. The summed E-state index contributed by atoms with van der Waals surface area (Å²) in [6.07, 6.45) is 0.735. The summed E-state index contributed by atoms with van der Waals surface area (Å²) in [7, 11) is 1.69. The summed E-state index contributed by atoms with van der Waals surface area (Å²) >= 11 is 0. The van der Waals surface area contributed by atoms with E-state index >= 15 is 0 Å². The molecule has 2 aliphatic heterocycles. The van der Waals surface area contributed by atoms with Gasteiger partial charge in [-0.3, -0.25) is 4.90 Å². The van der Waals surface area contributed by atoms with E-state index in [1.165, 1.54) is 0 Å². The first-order valence-electron chi connectivity index (χ1n) is 9.33. The Morgan fingerprint density at radius 2 is 1.85 bits per heavy atom. The SMILES string of the molecule is COc1ccccc1C(CCN1CCOCC1)Oc1ccc2c(c1)OCO2. The second kappa shape index (κ2) is 8.50. The van der Waals surface area contributed by atoms with Crippen LogP contribution in [0.25, 0.3) is 0 Å². The van der Waals surface area contributed by atoms with Gasteiger partial charge in [-0.1, -0.05) is 18.2 Å². The number of morpholine rings is 1. The number of para-hydroxylation sites is 1. The van der Waals surface area contributed by atoms with E-state index in [9.17, 15) is 0 Å². The van der Waals surface area contributed by atoms with Gasteiger partial charge in [-0.25, -0.2) is 0 Å². The van der Waals surface area contributed by atoms with Gasteiger partial charge >= 0.3 is 0 Å². The van der Waals surface area contributed by atoms with Crippen LogP contribution in [0.5, 0.6) is 23.0 Å². The standard InChI is InChI=1S/C21H25NO5/c1-23-18-5-3-2-4-17(18)19(8-9-22-10-12-24-13-11-22)27-16-6-7-20-21(14-16)26-15-25-20/h2-7,14,19H,8-13,15H2,1H3. The molecule has 1 atom stereocenters. The van der Waals surface area contributed by atoms with Crippen LogP contribution in [0.3, 0.4) is 0 Å². The van der Waals surface area contributed by atoms with Gasteiger partial charge in [0.1, 0.15) is 17.6 Å². The minimum atomic E-state index is -0.121. The number of nitrogens with zero attached hydrogens (tertiary/aromatic N) is 1. The first-order valence-corrected chi connectivity index (χ1v) is 9.33. The number of rotatable bonds is 7. The van der Waals surface area contributed by atoms with Gasteiger partial charge in [0, 0.05) is 37.7 Å². The highest BCUT2D eigenvalue weighted by molar-refractivity contribution is 5.47. The lowest BCUT2D eigenvalue weighted by molar-refractivity contribution is 0.0316. The molecule has 6 nitrogen and oxygen atoms in total. The van der Waals surface area contributed by atoms with E-state index in [0.717, 1.165) is 67.8 Å². The van der Waals surface area contributed by atoms with Crippen molar-refractivity contribution in [3.63, 3.8) is 0 Å². The molecule has 1 unspecified atom stereocenters. The zero-order valence-corrected chi connectivity index (χ0v) is 15.6. The average molecular weight is 371 g/mol. The van der Waals surface area contributed by atoms with Crippen LogP contribution < -0.4 is 18.9 Å². The van der Waals surface area contributed by atoms with E-state index in [0.29, 0.717) is 0 Å². The first-order chi connectivity index (χ1) is 13.3. The molecule has 6 heteroatoms. The van der Waals surface area contributed by atoms with Gasteiger partial charge in [0.2, 0.25) is 6.79 Å². The van der Waals surface area contributed by atoms with Gasteiger partial charge in [0.15, 0.2) is 11.5 Å². The van der Waals surface area contributed by atoms with Gasteiger partial charge in [-0.2, -0.15) is 0 Å². The van der Waals surface area contributed by atoms with Gasteiger partial charge < -0.3 is 23.7 Å². The Labute approximate surface area is 159 Å². The highest BCUT2D eigenvalue weighted by atomic mass is 16.7. The zero-order valence-electron chi connectivity index (χ0n) is 15.6. The summed E-state index contributed by atoms with van der Waals surface area (Å²) in [6, 6.07) is 13.7. The quantitative estimate of drug-likeness (QED) is 0.745. The second-order valence-electron chi connectivity index (χ2n) is 6.61. The van der Waals surface area contributed by atoms with Crippen molar-refractivity contribution in [3.8, 4) is 23.0 Å². The Bertz CT molecular complexity index is 760. The fourth-order valence-electron chi connectivity index (χ4n) is 3.45. The predicted octanol–water partition coefficient (Wildman–Crippen LogP) is 3.27. The molecule has 1 saturated heterocycles. The van der Waals surface area contributed by atoms with Crippen molar-refractivity contribution in [2.24, 2.45) is 0 Å². The third-order valence-corrected chi connectivity index (χ3v) is 4.92. The van der Waals surface area contributed by atoms with Gasteiger partial charge in [0.25, 0.3) is 0 Å². The normalized spacial score (nSPS) is 17.5. The van der Waals surface area contributed by atoms with Gasteiger partial charge in [0.05, 0.1) is 20.3 Å². The highest BCUT2D eigenvalue weighted by Gasteiger charge is 2.22. The van der Waals surface area contributed by atoms with Crippen LogP contribution in [0.2, 0.25) is 0 Å². The minimum Gasteiger partial charge on any atom is -0.496 e. The maximum Gasteiger partial charge on any atom is 0.231 e. The molecule has 0 radical (unpaired) electrons. The van der Waals surface area contributed by atoms with Crippen molar-refractivity contribution in [2.75, 3.05) is 46.8 Å². The number of ether oxygens (including phenoxy) is 5. The summed E-state index contributed by atoms with van der Waals surface area (Å²) in [5.74, 6) is 3.08. The molecule has 2 aliphatic rings. The molecular weight excluding hydrogens is 346 g/mol. The molecule has 2 aromatic rings. The Morgan fingerprint density at radius 3 is 2.70 bits per heavy atom. The van der Waals surface area contributed by atoms with E-state index in [-0.39, 0.29) is 12.9 Å². The molecule has 27 heavy (non-hydrogen) atoms. The number of hydrogen-bond acceptors (Lipinski definition) is 6. The maximum atomic E-state index is 6.39. The zero-order chi connectivity index (χ0) is 18.5. The molecular formula is C21H25NO5. The van der Waals surface area contributed by atoms with Crippen LogP contribution in [0.1, 0.15) is 18.1 Å². The lowest BCUT2D eigenvalue weighted by atomic mass is 10.0. The molecule has 144 valence electrons. The third kappa shape index (κ3) is 4.28. The largest absolute Gasteiger partial charge is 0.496 e. The van der Waals surface area contributed by atoms with Crippen LogP contribution in [-0.4, -0.2) is 51.7 Å². The molecule has 0 saturated carbocycles. The molecule has 0 aromatic heterocycles. The Balaban J connectivity index is 1.53. The molecule has 2 aromatic carbocycles. The number of benzene rings is 2. The van der Waals surface area contributed by atoms with Gasteiger partial charge in [-0.05, 0) is 18.2 Å². The number of fused-ring (bicyclic) bond motifs is 1. The van der Waals surface area contributed by atoms with E-state index in [4.69, 9.17) is 23.7 Å². The Morgan fingerprint density at radius 1 is 1.04 bits per heavy atom. The number of methoxy groups -OCH3 is 1. The first kappa shape index (κ1) is 17.9. The smallest absolute Gasteiger partial charge is 0.231 e. The summed E-state index contributed by atoms with van der Waals surface area (Å²) in [6.45, 7) is 4.71. The van der Waals surface area contributed by atoms with E-state index < -0.39 is 0 Å². The molecule has 1 fully saturated rings. The summed E-state index contributed by atoms with van der Waals surface area (Å²) < 4.78 is 28.3. The number of hydrogen-bond donors (Lipinski definition) is 0. The molecule has 0 aliphatic carbocycles. The highest BCUT2D eigenvalue weighted by Crippen LogP contribution is 2.38. The van der Waals surface area contributed by atoms with Crippen molar-refractivity contribution < 1.29 is 23.7 Å². The van der Waals surface area contributed by atoms with Crippen molar-refractivity contribution in [3.05, 3.63) is 48.0 Å². The molecule has 4 rings (SSSR count). The van der Waals surface area contributed by atoms with E-state index in [1.54, 1.807) is 7.11 Å². The Kier molecular flexibility index (Phi) is 5.65. The van der Waals surface area contributed by atoms with Crippen molar-refractivity contribution in [2.45, 2.75) is 12.5 Å². The van der Waals surface area contributed by atoms with Crippen LogP contribution in [-0.2, 0) is 4.74 Å². The molecule has 2 heterocycles. The third-order valence-electron chi connectivity index (χ3n) is 4.92. The van der Waals surface area contributed by atoms with Gasteiger partial charge in [-0.15, -0.1) is 0 Å². The van der Waals surface area contributed by atoms with Crippen molar-refractivity contribution in [1.82, 2.24) is 4.90 Å². The van der Waals surface area contributed by atoms with Crippen LogP contribution in [0.4, 0.5) is 0 Å². The van der Waals surface area contributed by atoms with Crippen LogP contribution >= 0.6 is 0 Å². The van der Waals surface area contributed by atoms with E-state index in [1.807, 2.05) is 36.4 Å². The molecule has 0 amide bonds. The lowest BCUT2D eigenvalue weighted by Gasteiger charge is -2.29. The van der Waals surface area contributed by atoms with Crippen molar-refractivity contribution in [1.29, 1.82) is 0 Å². The monoisotopic (exact) mass is 371 g/mol. The molecule has 0 spiro atoms. The summed E-state index contributed by atoms with van der Waals surface area (Å²) in [4.78, 5) is 2.41. The fraction of sp³-hybridized carbons (Fsp3) is 0.429. The Hall–Kier alpha value is -2.44. The second-order valence-corrected chi connectivity index (χ2v) is 6.61. The van der Waals surface area contributed by atoms with Crippen LogP contribution in [0, 0.1) is 0 Å². The topological polar surface area (TPSA) is 49.4 Å². The average Bonchev–Trinajstić information content (AvgIpc) is 3.19. The van der Waals surface area contributed by atoms with E-state index in [2.05, 4.69) is 11.0 Å². The molecule has 0 bridgehead atoms. The van der Waals surface area contributed by atoms with Crippen LogP contribution in [0.15, 0.2) is 42.5 Å². The lowest BCUT2D eigenvalue weighted by Crippen LogP contribution is -2.37. The summed E-state index contributed by atoms with van der Waals surface area (Å²) in [5, 5.41) is 0. The summed E-state index contributed by atoms with van der Waals surface area (Å²) in [5.41, 5.74) is 1.05. The maximum absolute atomic E-state index is 6.39. The fourth-order valence-corrected chi connectivity index (χ4v) is 3.45.